The van der Waals surface area contributed by atoms with E-state index in [4.69, 9.17) is 22.1 Å². The van der Waals surface area contributed by atoms with E-state index in [1.807, 2.05) is 0 Å². The molecule has 0 aliphatic rings. The Morgan fingerprint density at radius 3 is 2.81 bits per heavy atom. The topological polar surface area (TPSA) is 64.3 Å². The van der Waals surface area contributed by atoms with Gasteiger partial charge in [-0.2, -0.15) is 0 Å². The lowest BCUT2D eigenvalue weighted by molar-refractivity contribution is 0.0957. The predicted molar refractivity (Wildman–Crippen MR) is 64.7 cm³/mol. The van der Waals surface area contributed by atoms with Gasteiger partial charge in [0.05, 0.1) is 19.3 Å². The van der Waals surface area contributed by atoms with Crippen molar-refractivity contribution in [2.75, 3.05) is 19.4 Å². The highest BCUT2D eigenvalue weighted by molar-refractivity contribution is 6.29. The molecule has 1 aromatic rings. The number of hydrogen-bond acceptors (Lipinski definition) is 3. The molecule has 0 atom stereocenters. The minimum Gasteiger partial charge on any atom is -0.495 e. The number of ether oxygens (including phenoxy) is 1. The molecule has 0 saturated carbocycles. The monoisotopic (exact) mass is 240 g/mol. The van der Waals surface area contributed by atoms with Crippen molar-refractivity contribution in [2.45, 2.75) is 0 Å². The molecule has 0 bridgehead atoms. The third-order valence-electron chi connectivity index (χ3n) is 1.93. The number of carbonyl (C=O) groups excluding carboxylic acids is 1. The fourth-order valence-electron chi connectivity index (χ4n) is 1.15. The summed E-state index contributed by atoms with van der Waals surface area (Å²) in [6.07, 6.45) is 0. The minimum absolute atomic E-state index is 0.228. The van der Waals surface area contributed by atoms with Crippen molar-refractivity contribution in [2.24, 2.45) is 0 Å². The van der Waals surface area contributed by atoms with Crippen LogP contribution in [0.25, 0.3) is 0 Å². The maximum atomic E-state index is 11.6. The van der Waals surface area contributed by atoms with Crippen molar-refractivity contribution in [1.29, 1.82) is 0 Å². The smallest absolute Gasteiger partial charge is 0.251 e. The first-order chi connectivity index (χ1) is 7.54. The Labute approximate surface area is 99.0 Å². The van der Waals surface area contributed by atoms with Crippen LogP contribution in [0.1, 0.15) is 10.4 Å². The van der Waals surface area contributed by atoms with Crippen molar-refractivity contribution in [3.63, 3.8) is 0 Å². The highest BCUT2D eigenvalue weighted by Gasteiger charge is 2.07. The molecule has 3 N–H and O–H groups in total. The molecule has 1 rings (SSSR count). The van der Waals surface area contributed by atoms with Crippen molar-refractivity contribution < 1.29 is 9.53 Å². The summed E-state index contributed by atoms with van der Waals surface area (Å²) >= 11 is 5.53. The molecule has 0 heterocycles. The van der Waals surface area contributed by atoms with Crippen LogP contribution < -0.4 is 15.8 Å². The molecule has 0 spiro atoms. The molecular formula is C11H13ClN2O2. The highest BCUT2D eigenvalue weighted by atomic mass is 35.5. The maximum Gasteiger partial charge on any atom is 0.251 e. The summed E-state index contributed by atoms with van der Waals surface area (Å²) in [5, 5.41) is 2.97. The summed E-state index contributed by atoms with van der Waals surface area (Å²) in [5.41, 5.74) is 6.55. The number of halogens is 1. The van der Waals surface area contributed by atoms with Gasteiger partial charge < -0.3 is 15.8 Å². The van der Waals surface area contributed by atoms with E-state index in [-0.39, 0.29) is 12.5 Å². The van der Waals surface area contributed by atoms with Gasteiger partial charge in [0, 0.05) is 10.6 Å². The number of methoxy groups -OCH3 is 1. The molecule has 4 nitrogen and oxygen atoms in total. The number of nitrogens with one attached hydrogen (secondary N) is 1. The molecular weight excluding hydrogens is 228 g/mol. The minimum atomic E-state index is -0.254. The molecule has 1 amide bonds. The lowest BCUT2D eigenvalue weighted by Gasteiger charge is -2.07. The second kappa shape index (κ2) is 5.42. The summed E-state index contributed by atoms with van der Waals surface area (Å²) in [4.78, 5) is 11.6. The molecule has 1 aromatic carbocycles. The number of amides is 1. The summed E-state index contributed by atoms with van der Waals surface area (Å²) in [6, 6.07) is 4.81. The Hall–Kier alpha value is -1.68. The normalized spacial score (nSPS) is 9.62. The van der Waals surface area contributed by atoms with Crippen LogP contribution in [0.5, 0.6) is 5.75 Å². The number of hydrogen-bond donors (Lipinski definition) is 2. The third kappa shape index (κ3) is 3.17. The lowest BCUT2D eigenvalue weighted by atomic mass is 10.2. The summed E-state index contributed by atoms with van der Waals surface area (Å²) in [7, 11) is 1.52. The first-order valence-electron chi connectivity index (χ1n) is 4.59. The van der Waals surface area contributed by atoms with Crippen LogP contribution in [-0.4, -0.2) is 19.6 Å². The van der Waals surface area contributed by atoms with Gasteiger partial charge in [-0.3, -0.25) is 4.79 Å². The molecule has 0 fully saturated rings. The van der Waals surface area contributed by atoms with Gasteiger partial charge in [-0.05, 0) is 18.2 Å². The van der Waals surface area contributed by atoms with Crippen LogP contribution in [0.4, 0.5) is 5.69 Å². The summed E-state index contributed by atoms with van der Waals surface area (Å²) in [6.45, 7) is 3.70. The largest absolute Gasteiger partial charge is 0.495 e. The van der Waals surface area contributed by atoms with E-state index in [1.165, 1.54) is 7.11 Å². The van der Waals surface area contributed by atoms with E-state index in [0.717, 1.165) is 0 Å². The second-order valence-corrected chi connectivity index (χ2v) is 3.69. The van der Waals surface area contributed by atoms with Crippen molar-refractivity contribution >= 4 is 23.2 Å². The maximum absolute atomic E-state index is 11.6. The zero-order valence-corrected chi connectivity index (χ0v) is 9.67. The Morgan fingerprint density at radius 1 is 1.62 bits per heavy atom. The van der Waals surface area contributed by atoms with E-state index in [9.17, 15) is 4.79 Å². The zero-order valence-electron chi connectivity index (χ0n) is 8.92. The van der Waals surface area contributed by atoms with Crippen LogP contribution in [0, 0.1) is 0 Å². The van der Waals surface area contributed by atoms with Gasteiger partial charge in [-0.1, -0.05) is 18.2 Å². The van der Waals surface area contributed by atoms with E-state index in [2.05, 4.69) is 11.9 Å². The quantitative estimate of drug-likeness (QED) is 0.789. The Balaban J connectivity index is 2.77. The number of anilines is 1. The van der Waals surface area contributed by atoms with Crippen molar-refractivity contribution in [1.82, 2.24) is 5.32 Å². The average Bonchev–Trinajstić information content (AvgIpc) is 2.25. The van der Waals surface area contributed by atoms with E-state index < -0.39 is 0 Å². The van der Waals surface area contributed by atoms with E-state index in [0.29, 0.717) is 22.0 Å². The van der Waals surface area contributed by atoms with Crippen LogP contribution in [0.15, 0.2) is 29.8 Å². The third-order valence-corrected chi connectivity index (χ3v) is 2.07. The standard InChI is InChI=1S/C11H13ClN2O2/c1-7(12)6-14-11(15)8-3-4-10(16-2)9(13)5-8/h3-5H,1,6,13H2,2H3,(H,14,15). The fourth-order valence-corrected chi connectivity index (χ4v) is 1.22. The highest BCUT2D eigenvalue weighted by Crippen LogP contribution is 2.21. The van der Waals surface area contributed by atoms with Gasteiger partial charge in [-0.25, -0.2) is 0 Å². The molecule has 0 aliphatic carbocycles. The molecule has 0 aromatic heterocycles. The van der Waals surface area contributed by atoms with Crippen LogP contribution in [0.2, 0.25) is 0 Å². The van der Waals surface area contributed by atoms with Gasteiger partial charge in [-0.15, -0.1) is 0 Å². The second-order valence-electron chi connectivity index (χ2n) is 3.16. The van der Waals surface area contributed by atoms with Crippen LogP contribution in [0.3, 0.4) is 0 Å². The molecule has 86 valence electrons. The predicted octanol–water partition coefficient (Wildman–Crippen LogP) is 1.76. The number of benzene rings is 1. The van der Waals surface area contributed by atoms with Gasteiger partial charge in [0.15, 0.2) is 0 Å². The number of carbonyl (C=O) groups is 1. The Bertz CT molecular complexity index is 418. The zero-order chi connectivity index (χ0) is 12.1. The van der Waals surface area contributed by atoms with Gasteiger partial charge >= 0.3 is 0 Å². The fraction of sp³-hybridized carbons (Fsp3) is 0.182. The average molecular weight is 241 g/mol. The number of nitrogen functional groups attached to an aromatic ring is 1. The SMILES string of the molecule is C=C(Cl)CNC(=O)c1ccc(OC)c(N)c1. The van der Waals surface area contributed by atoms with Crippen molar-refractivity contribution in [3.05, 3.63) is 35.4 Å². The molecule has 0 unspecified atom stereocenters. The van der Waals surface area contributed by atoms with Crippen LogP contribution >= 0.6 is 11.6 Å². The van der Waals surface area contributed by atoms with Crippen LogP contribution in [-0.2, 0) is 0 Å². The number of rotatable bonds is 4. The van der Waals surface area contributed by atoms with Gasteiger partial charge in [0.1, 0.15) is 5.75 Å². The van der Waals surface area contributed by atoms with E-state index >= 15 is 0 Å². The molecule has 0 saturated heterocycles. The van der Waals surface area contributed by atoms with Gasteiger partial charge in [0.2, 0.25) is 0 Å². The molecule has 5 heteroatoms. The summed E-state index contributed by atoms with van der Waals surface area (Å²) in [5.74, 6) is 0.287. The Kier molecular flexibility index (Phi) is 4.19. The van der Waals surface area contributed by atoms with Crippen molar-refractivity contribution in [3.8, 4) is 5.75 Å². The summed E-state index contributed by atoms with van der Waals surface area (Å²) < 4.78 is 4.99. The van der Waals surface area contributed by atoms with Gasteiger partial charge in [0.25, 0.3) is 5.91 Å². The lowest BCUT2D eigenvalue weighted by Crippen LogP contribution is -2.24. The first kappa shape index (κ1) is 12.4. The molecule has 16 heavy (non-hydrogen) atoms. The Morgan fingerprint density at radius 2 is 2.31 bits per heavy atom. The molecule has 0 aliphatic heterocycles. The van der Waals surface area contributed by atoms with E-state index in [1.54, 1.807) is 18.2 Å². The molecule has 0 radical (unpaired) electrons. The number of nitrogens with two attached hydrogens (primary N) is 1. The first-order valence-corrected chi connectivity index (χ1v) is 4.97.